The zero-order valence-corrected chi connectivity index (χ0v) is 13.3. The molecule has 1 aromatic heterocycles. The van der Waals surface area contributed by atoms with Gasteiger partial charge in [-0.2, -0.15) is 0 Å². The second kappa shape index (κ2) is 5.51. The van der Waals surface area contributed by atoms with Gasteiger partial charge >= 0.3 is 0 Å². The predicted molar refractivity (Wildman–Crippen MR) is 83.0 cm³/mol. The van der Waals surface area contributed by atoms with Crippen molar-refractivity contribution < 1.29 is 0 Å². The van der Waals surface area contributed by atoms with Crippen LogP contribution in [-0.2, 0) is 12.8 Å². The van der Waals surface area contributed by atoms with Crippen molar-refractivity contribution in [1.29, 1.82) is 0 Å². The molecule has 1 saturated carbocycles. The molecular formula is C17H29N3. The molecule has 2 aliphatic rings. The largest absolute Gasteiger partial charge is 0.330 e. The van der Waals surface area contributed by atoms with Gasteiger partial charge in [-0.05, 0) is 56.9 Å². The van der Waals surface area contributed by atoms with Crippen LogP contribution >= 0.6 is 0 Å². The smallest absolute Gasteiger partial charge is 0.0954 e. The molecule has 0 aromatic carbocycles. The first-order valence-electron chi connectivity index (χ1n) is 8.41. The van der Waals surface area contributed by atoms with Crippen LogP contribution in [0.15, 0.2) is 6.33 Å². The van der Waals surface area contributed by atoms with Crippen LogP contribution in [0.25, 0.3) is 0 Å². The fourth-order valence-corrected chi connectivity index (χ4v) is 4.15. The maximum atomic E-state index is 4.70. The van der Waals surface area contributed by atoms with Gasteiger partial charge in [-0.3, -0.25) is 0 Å². The van der Waals surface area contributed by atoms with Crippen LogP contribution in [-0.4, -0.2) is 22.1 Å². The third-order valence-corrected chi connectivity index (χ3v) is 5.34. The molecular weight excluding hydrogens is 246 g/mol. The van der Waals surface area contributed by atoms with E-state index in [0.29, 0.717) is 17.5 Å². The molecule has 0 bridgehead atoms. The molecule has 0 aliphatic heterocycles. The molecule has 3 heteroatoms. The number of fused-ring (bicyclic) bond motifs is 1. The van der Waals surface area contributed by atoms with Crippen LogP contribution in [0, 0.1) is 5.41 Å². The highest BCUT2D eigenvalue weighted by molar-refractivity contribution is 5.19. The van der Waals surface area contributed by atoms with E-state index in [1.807, 2.05) is 0 Å². The second-order valence-electron chi connectivity index (χ2n) is 7.28. The second-order valence-corrected chi connectivity index (χ2v) is 7.28. The van der Waals surface area contributed by atoms with Gasteiger partial charge in [0.25, 0.3) is 0 Å². The SMILES string of the molecule is CCCNC1C(n2cnc3c2CCCC3)CCC1(C)C. The van der Waals surface area contributed by atoms with Crippen molar-refractivity contribution in [2.24, 2.45) is 5.41 Å². The van der Waals surface area contributed by atoms with Crippen molar-refractivity contribution in [3.8, 4) is 0 Å². The zero-order valence-electron chi connectivity index (χ0n) is 13.3. The van der Waals surface area contributed by atoms with Crippen molar-refractivity contribution >= 4 is 0 Å². The molecule has 1 aromatic rings. The molecule has 2 unspecified atom stereocenters. The zero-order chi connectivity index (χ0) is 14.2. The van der Waals surface area contributed by atoms with Crippen LogP contribution < -0.4 is 5.32 Å². The molecule has 3 nitrogen and oxygen atoms in total. The van der Waals surface area contributed by atoms with Crippen LogP contribution in [0.1, 0.15) is 70.3 Å². The summed E-state index contributed by atoms with van der Waals surface area (Å²) in [6.07, 6.45) is 11.0. The summed E-state index contributed by atoms with van der Waals surface area (Å²) in [4.78, 5) is 4.70. The topological polar surface area (TPSA) is 29.9 Å². The van der Waals surface area contributed by atoms with Gasteiger partial charge in [0.05, 0.1) is 18.1 Å². The van der Waals surface area contributed by atoms with E-state index in [1.54, 1.807) is 0 Å². The van der Waals surface area contributed by atoms with Gasteiger partial charge in [-0.25, -0.2) is 4.98 Å². The molecule has 0 radical (unpaired) electrons. The average Bonchev–Trinajstić information content (AvgIpc) is 2.97. The van der Waals surface area contributed by atoms with E-state index in [0.717, 1.165) is 6.54 Å². The first-order chi connectivity index (χ1) is 9.63. The number of rotatable bonds is 4. The lowest BCUT2D eigenvalue weighted by Gasteiger charge is -2.33. The summed E-state index contributed by atoms with van der Waals surface area (Å²) in [5, 5.41) is 3.82. The maximum Gasteiger partial charge on any atom is 0.0954 e. The lowest BCUT2D eigenvalue weighted by molar-refractivity contribution is 0.247. The van der Waals surface area contributed by atoms with E-state index >= 15 is 0 Å². The van der Waals surface area contributed by atoms with Crippen LogP contribution in [0.2, 0.25) is 0 Å². The normalized spacial score (nSPS) is 28.6. The van der Waals surface area contributed by atoms with Gasteiger partial charge in [-0.1, -0.05) is 20.8 Å². The van der Waals surface area contributed by atoms with E-state index in [9.17, 15) is 0 Å². The van der Waals surface area contributed by atoms with Gasteiger partial charge in [0, 0.05) is 11.7 Å². The minimum absolute atomic E-state index is 0.395. The van der Waals surface area contributed by atoms with Crippen LogP contribution in [0.5, 0.6) is 0 Å². The summed E-state index contributed by atoms with van der Waals surface area (Å²) in [6.45, 7) is 8.22. The van der Waals surface area contributed by atoms with Crippen molar-refractivity contribution in [2.75, 3.05) is 6.54 Å². The summed E-state index contributed by atoms with van der Waals surface area (Å²) in [7, 11) is 0. The van der Waals surface area contributed by atoms with Gasteiger partial charge < -0.3 is 9.88 Å². The van der Waals surface area contributed by atoms with E-state index in [-0.39, 0.29) is 0 Å². The van der Waals surface area contributed by atoms with Gasteiger partial charge in [-0.15, -0.1) is 0 Å². The number of hydrogen-bond donors (Lipinski definition) is 1. The highest BCUT2D eigenvalue weighted by Gasteiger charge is 2.43. The van der Waals surface area contributed by atoms with E-state index in [4.69, 9.17) is 4.98 Å². The molecule has 1 N–H and O–H groups in total. The quantitative estimate of drug-likeness (QED) is 0.911. The van der Waals surface area contributed by atoms with Gasteiger partial charge in [0.15, 0.2) is 0 Å². The van der Waals surface area contributed by atoms with Crippen molar-refractivity contribution in [3.63, 3.8) is 0 Å². The average molecular weight is 275 g/mol. The monoisotopic (exact) mass is 275 g/mol. The molecule has 1 fully saturated rings. The molecule has 0 spiro atoms. The van der Waals surface area contributed by atoms with Crippen LogP contribution in [0.3, 0.4) is 0 Å². The number of hydrogen-bond acceptors (Lipinski definition) is 2. The molecule has 0 amide bonds. The Balaban J connectivity index is 1.86. The molecule has 20 heavy (non-hydrogen) atoms. The van der Waals surface area contributed by atoms with Crippen molar-refractivity contribution in [3.05, 3.63) is 17.7 Å². The summed E-state index contributed by atoms with van der Waals surface area (Å²) in [5.41, 5.74) is 3.29. The van der Waals surface area contributed by atoms with Crippen molar-refractivity contribution in [1.82, 2.24) is 14.9 Å². The lowest BCUT2D eigenvalue weighted by Crippen LogP contribution is -2.43. The number of nitrogens with zero attached hydrogens (tertiary/aromatic N) is 2. The first kappa shape index (κ1) is 14.1. The van der Waals surface area contributed by atoms with E-state index in [1.165, 1.54) is 56.3 Å². The Morgan fingerprint density at radius 3 is 2.95 bits per heavy atom. The number of imidazole rings is 1. The predicted octanol–water partition coefficient (Wildman–Crippen LogP) is 3.49. The van der Waals surface area contributed by atoms with E-state index in [2.05, 4.69) is 37.0 Å². The number of aromatic nitrogens is 2. The minimum atomic E-state index is 0.395. The van der Waals surface area contributed by atoms with Gasteiger partial charge in [0.2, 0.25) is 0 Å². The molecule has 112 valence electrons. The summed E-state index contributed by atoms with van der Waals surface area (Å²) >= 11 is 0. The highest BCUT2D eigenvalue weighted by Crippen LogP contribution is 2.44. The highest BCUT2D eigenvalue weighted by atomic mass is 15.1. The minimum Gasteiger partial charge on any atom is -0.330 e. The summed E-state index contributed by atoms with van der Waals surface area (Å²) in [6, 6.07) is 1.19. The third kappa shape index (κ3) is 2.41. The number of aryl methyl sites for hydroxylation is 1. The Labute approximate surface area is 123 Å². The molecule has 2 atom stereocenters. The molecule has 1 heterocycles. The fraction of sp³-hybridized carbons (Fsp3) is 0.824. The fourth-order valence-electron chi connectivity index (χ4n) is 4.15. The van der Waals surface area contributed by atoms with Gasteiger partial charge in [0.1, 0.15) is 0 Å². The van der Waals surface area contributed by atoms with E-state index < -0.39 is 0 Å². The third-order valence-electron chi connectivity index (χ3n) is 5.34. The summed E-state index contributed by atoms with van der Waals surface area (Å²) < 4.78 is 2.52. The molecule has 3 rings (SSSR count). The van der Waals surface area contributed by atoms with Crippen molar-refractivity contribution in [2.45, 2.75) is 77.8 Å². The standard InChI is InChI=1S/C17H29N3/c1-4-11-18-16-15(9-10-17(16,2)3)20-12-19-13-7-5-6-8-14(13)20/h12,15-16,18H,4-11H2,1-3H3. The Morgan fingerprint density at radius 2 is 2.15 bits per heavy atom. The first-order valence-corrected chi connectivity index (χ1v) is 8.41. The summed E-state index contributed by atoms with van der Waals surface area (Å²) in [5.74, 6) is 0. The lowest BCUT2D eigenvalue weighted by atomic mass is 9.86. The Kier molecular flexibility index (Phi) is 3.89. The van der Waals surface area contributed by atoms with Crippen LogP contribution in [0.4, 0.5) is 0 Å². The Morgan fingerprint density at radius 1 is 1.35 bits per heavy atom. The molecule has 0 saturated heterocycles. The maximum absolute atomic E-state index is 4.70. The Hall–Kier alpha value is -0.830. The molecule has 2 aliphatic carbocycles. The Bertz CT molecular complexity index is 461. The number of nitrogens with one attached hydrogen (secondary N) is 1.